The van der Waals surface area contributed by atoms with E-state index in [0.29, 0.717) is 5.41 Å². The summed E-state index contributed by atoms with van der Waals surface area (Å²) in [5.41, 5.74) is 1.90. The average molecular weight is 361 g/mol. The van der Waals surface area contributed by atoms with Crippen LogP contribution in [-0.4, -0.2) is 30.6 Å². The molecule has 0 saturated heterocycles. The normalized spacial score (nSPS) is 15.6. The monoisotopic (exact) mass is 360 g/mol. The molecule has 0 aliphatic rings. The van der Waals surface area contributed by atoms with Crippen molar-refractivity contribution in [2.75, 3.05) is 20.1 Å². The molecule has 0 fully saturated rings. The summed E-state index contributed by atoms with van der Waals surface area (Å²) in [6, 6.07) is 2.22. The van der Waals surface area contributed by atoms with Crippen molar-refractivity contribution in [3.8, 4) is 0 Å². The Morgan fingerprint density at radius 2 is 1.95 bits per heavy atom. The van der Waals surface area contributed by atoms with Crippen molar-refractivity contribution in [3.05, 3.63) is 20.8 Å². The number of thiophene rings is 1. The molecule has 0 spiro atoms. The van der Waals surface area contributed by atoms with Crippen LogP contribution in [0.1, 0.15) is 46.6 Å². The van der Waals surface area contributed by atoms with E-state index in [-0.39, 0.29) is 5.54 Å². The number of nitrogens with zero attached hydrogens (tertiary/aromatic N) is 1. The van der Waals surface area contributed by atoms with E-state index in [1.807, 2.05) is 0 Å². The molecule has 116 valence electrons. The molecule has 1 unspecified atom stereocenters. The van der Waals surface area contributed by atoms with Gasteiger partial charge in [-0.3, -0.25) is 0 Å². The molecule has 0 saturated carbocycles. The van der Waals surface area contributed by atoms with Crippen molar-refractivity contribution < 1.29 is 0 Å². The molecule has 1 aromatic rings. The van der Waals surface area contributed by atoms with Gasteiger partial charge in [-0.1, -0.05) is 13.8 Å². The van der Waals surface area contributed by atoms with Crippen LogP contribution < -0.4 is 5.32 Å². The number of hydrogen-bond donors (Lipinski definition) is 1. The third-order valence-electron chi connectivity index (χ3n) is 3.62. The predicted molar refractivity (Wildman–Crippen MR) is 94.5 cm³/mol. The first-order valence-corrected chi connectivity index (χ1v) is 8.97. The van der Waals surface area contributed by atoms with Gasteiger partial charge in [-0.25, -0.2) is 0 Å². The van der Waals surface area contributed by atoms with Crippen molar-refractivity contribution >= 4 is 27.3 Å². The van der Waals surface area contributed by atoms with E-state index in [0.717, 1.165) is 19.6 Å². The molecule has 4 heteroatoms. The second-order valence-electron chi connectivity index (χ2n) is 7.20. The summed E-state index contributed by atoms with van der Waals surface area (Å²) in [5.74, 6) is 0. The zero-order chi connectivity index (χ0) is 15.4. The van der Waals surface area contributed by atoms with Crippen LogP contribution in [0.5, 0.6) is 0 Å². The van der Waals surface area contributed by atoms with Crippen LogP contribution in [0.4, 0.5) is 0 Å². The Bertz CT molecular complexity index is 411. The Morgan fingerprint density at radius 3 is 2.40 bits per heavy atom. The maximum atomic E-state index is 3.65. The lowest BCUT2D eigenvalue weighted by molar-refractivity contribution is 0.164. The van der Waals surface area contributed by atoms with E-state index >= 15 is 0 Å². The molecule has 20 heavy (non-hydrogen) atoms. The van der Waals surface area contributed by atoms with Crippen LogP contribution >= 0.6 is 27.3 Å². The van der Waals surface area contributed by atoms with Gasteiger partial charge in [0.05, 0.1) is 3.79 Å². The fraction of sp³-hybridized carbons (Fsp3) is 0.750. The van der Waals surface area contributed by atoms with Gasteiger partial charge >= 0.3 is 0 Å². The first-order valence-electron chi connectivity index (χ1n) is 7.30. The molecule has 0 bridgehead atoms. The molecule has 1 aromatic heterocycles. The van der Waals surface area contributed by atoms with Crippen molar-refractivity contribution in [2.24, 2.45) is 5.41 Å². The molecular formula is C16H29BrN2S. The van der Waals surface area contributed by atoms with Gasteiger partial charge in [0.2, 0.25) is 0 Å². The van der Waals surface area contributed by atoms with E-state index in [1.54, 1.807) is 11.3 Å². The molecule has 0 amide bonds. The van der Waals surface area contributed by atoms with Crippen LogP contribution in [0.3, 0.4) is 0 Å². The molecule has 1 N–H and O–H groups in total. The minimum atomic E-state index is 0.188. The van der Waals surface area contributed by atoms with E-state index in [1.165, 1.54) is 15.8 Å². The smallest absolute Gasteiger partial charge is 0.0701 e. The van der Waals surface area contributed by atoms with Crippen molar-refractivity contribution in [1.29, 1.82) is 0 Å². The molecule has 0 aliphatic heterocycles. The van der Waals surface area contributed by atoms with Gasteiger partial charge in [-0.05, 0) is 72.6 Å². The van der Waals surface area contributed by atoms with Gasteiger partial charge in [-0.2, -0.15) is 0 Å². The maximum Gasteiger partial charge on any atom is 0.0701 e. The molecule has 0 aliphatic carbocycles. The van der Waals surface area contributed by atoms with Gasteiger partial charge in [0.15, 0.2) is 0 Å². The van der Waals surface area contributed by atoms with Gasteiger partial charge < -0.3 is 10.2 Å². The lowest BCUT2D eigenvalue weighted by atomic mass is 9.86. The highest BCUT2D eigenvalue weighted by atomic mass is 79.9. The lowest BCUT2D eigenvalue weighted by Crippen LogP contribution is -2.46. The maximum absolute atomic E-state index is 3.65. The Morgan fingerprint density at radius 1 is 1.30 bits per heavy atom. The molecule has 2 nitrogen and oxygen atoms in total. The van der Waals surface area contributed by atoms with Gasteiger partial charge in [0, 0.05) is 25.2 Å². The zero-order valence-electron chi connectivity index (χ0n) is 13.7. The first kappa shape index (κ1) is 18.1. The zero-order valence-corrected chi connectivity index (χ0v) is 16.1. The summed E-state index contributed by atoms with van der Waals surface area (Å²) in [5, 5.41) is 5.89. The van der Waals surface area contributed by atoms with Gasteiger partial charge in [-0.15, -0.1) is 11.3 Å². The van der Waals surface area contributed by atoms with E-state index in [9.17, 15) is 0 Å². The third-order valence-corrected chi connectivity index (χ3v) is 5.18. The molecule has 0 aromatic carbocycles. The molecule has 1 rings (SSSR count). The van der Waals surface area contributed by atoms with Crippen LogP contribution in [0.15, 0.2) is 15.2 Å². The Kier molecular flexibility index (Phi) is 6.71. The number of rotatable bonds is 7. The molecule has 1 atom stereocenters. The highest BCUT2D eigenvalue weighted by molar-refractivity contribution is 9.11. The molecule has 0 radical (unpaired) electrons. The second kappa shape index (κ2) is 7.39. The first-order chi connectivity index (χ1) is 9.13. The second-order valence-corrected chi connectivity index (χ2v) is 9.49. The highest BCUT2D eigenvalue weighted by Gasteiger charge is 2.26. The van der Waals surface area contributed by atoms with Crippen LogP contribution in [0.2, 0.25) is 0 Å². The van der Waals surface area contributed by atoms with Crippen molar-refractivity contribution in [3.63, 3.8) is 0 Å². The van der Waals surface area contributed by atoms with E-state index in [2.05, 4.69) is 79.3 Å². The topological polar surface area (TPSA) is 15.3 Å². The van der Waals surface area contributed by atoms with E-state index in [4.69, 9.17) is 0 Å². The minimum Gasteiger partial charge on any atom is -0.311 e. The summed E-state index contributed by atoms with van der Waals surface area (Å²) in [6.07, 6.45) is 1.19. The standard InChI is InChI=1S/C16H29BrN2S/c1-7-16(5,11-18-15(2,3)4)12-19(6)9-13-8-14(17)20-10-13/h8,10,18H,7,9,11-12H2,1-6H3. The summed E-state index contributed by atoms with van der Waals surface area (Å²) in [4.78, 5) is 2.43. The van der Waals surface area contributed by atoms with Gasteiger partial charge in [0.1, 0.15) is 0 Å². The summed E-state index contributed by atoms with van der Waals surface area (Å²) in [6.45, 7) is 14.6. The van der Waals surface area contributed by atoms with Crippen LogP contribution in [-0.2, 0) is 6.54 Å². The summed E-state index contributed by atoms with van der Waals surface area (Å²) < 4.78 is 1.22. The van der Waals surface area contributed by atoms with Gasteiger partial charge in [0.25, 0.3) is 0 Å². The molecule has 1 heterocycles. The summed E-state index contributed by atoms with van der Waals surface area (Å²) in [7, 11) is 2.22. The third kappa shape index (κ3) is 6.70. The van der Waals surface area contributed by atoms with Crippen molar-refractivity contribution in [1.82, 2.24) is 10.2 Å². The van der Waals surface area contributed by atoms with Crippen LogP contribution in [0.25, 0.3) is 0 Å². The molecular weight excluding hydrogens is 332 g/mol. The fourth-order valence-electron chi connectivity index (χ4n) is 2.22. The minimum absolute atomic E-state index is 0.188. The number of nitrogens with one attached hydrogen (secondary N) is 1. The predicted octanol–water partition coefficient (Wildman–Crippen LogP) is 4.75. The SMILES string of the molecule is CCC(C)(CNC(C)(C)C)CN(C)Cc1csc(Br)c1. The fourth-order valence-corrected chi connectivity index (χ4v) is 3.42. The summed E-state index contributed by atoms with van der Waals surface area (Å²) >= 11 is 5.30. The largest absolute Gasteiger partial charge is 0.311 e. The Balaban J connectivity index is 2.53. The van der Waals surface area contributed by atoms with Crippen LogP contribution in [0, 0.1) is 5.41 Å². The Labute approximate surface area is 137 Å². The quantitative estimate of drug-likeness (QED) is 0.754. The number of halogens is 1. The average Bonchev–Trinajstić information content (AvgIpc) is 2.71. The van der Waals surface area contributed by atoms with Crippen molar-refractivity contribution in [2.45, 2.75) is 53.1 Å². The Hall–Kier alpha value is 0.100. The lowest BCUT2D eigenvalue weighted by Gasteiger charge is -2.36. The van der Waals surface area contributed by atoms with E-state index < -0.39 is 0 Å². The number of hydrogen-bond acceptors (Lipinski definition) is 3. The highest BCUT2D eigenvalue weighted by Crippen LogP contribution is 2.25.